The highest BCUT2D eigenvalue weighted by Crippen LogP contribution is 2.34. The van der Waals surface area contributed by atoms with Gasteiger partial charge < -0.3 is 15.5 Å². The highest BCUT2D eigenvalue weighted by molar-refractivity contribution is 6.23. The van der Waals surface area contributed by atoms with Gasteiger partial charge in [-0.05, 0) is 67.6 Å². The number of aliphatic imine (C=N–C) groups is 1. The van der Waals surface area contributed by atoms with Crippen LogP contribution in [0.3, 0.4) is 0 Å². The lowest BCUT2D eigenvalue weighted by molar-refractivity contribution is -0.118. The molecule has 1 unspecified atom stereocenters. The predicted octanol–water partition coefficient (Wildman–Crippen LogP) is 3.14. The molecule has 1 atom stereocenters. The van der Waals surface area contributed by atoms with Crippen LogP contribution < -0.4 is 15.5 Å². The van der Waals surface area contributed by atoms with E-state index in [0.717, 1.165) is 74.6 Å². The van der Waals surface area contributed by atoms with Crippen LogP contribution in [0.2, 0.25) is 0 Å². The molecule has 2 amide bonds. The molecule has 5 rings (SSSR count). The van der Waals surface area contributed by atoms with Gasteiger partial charge in [0.2, 0.25) is 5.91 Å². The first-order valence-electron chi connectivity index (χ1n) is 12.2. The monoisotopic (exact) mass is 459 g/mol. The normalized spacial score (nSPS) is 20.2. The van der Waals surface area contributed by atoms with Crippen molar-refractivity contribution in [1.29, 1.82) is 0 Å². The van der Waals surface area contributed by atoms with E-state index in [1.165, 1.54) is 16.8 Å². The molecule has 0 spiro atoms. The van der Waals surface area contributed by atoms with Crippen molar-refractivity contribution in [1.82, 2.24) is 10.2 Å². The molecule has 34 heavy (non-hydrogen) atoms. The summed E-state index contributed by atoms with van der Waals surface area (Å²) in [6, 6.07) is 10.3. The molecule has 1 saturated heterocycles. The molecule has 3 aliphatic heterocycles. The number of benzene rings is 2. The maximum absolute atomic E-state index is 12.6. The average molecular weight is 460 g/mol. The predicted molar refractivity (Wildman–Crippen MR) is 136 cm³/mol. The largest absolute Gasteiger partial charge is 0.369 e. The third-order valence-electron chi connectivity index (χ3n) is 7.29. The van der Waals surface area contributed by atoms with Crippen LogP contribution in [-0.2, 0) is 11.3 Å². The third-order valence-corrected chi connectivity index (χ3v) is 7.29. The van der Waals surface area contributed by atoms with E-state index >= 15 is 0 Å². The summed E-state index contributed by atoms with van der Waals surface area (Å²) in [5.41, 5.74) is 8.48. The van der Waals surface area contributed by atoms with Gasteiger partial charge in [0.15, 0.2) is 0 Å². The maximum Gasteiger partial charge on any atom is 0.251 e. The van der Waals surface area contributed by atoms with E-state index in [1.807, 2.05) is 12.1 Å². The van der Waals surface area contributed by atoms with Gasteiger partial charge in [-0.1, -0.05) is 6.07 Å². The second kappa shape index (κ2) is 9.22. The van der Waals surface area contributed by atoms with E-state index in [0.29, 0.717) is 5.56 Å². The van der Waals surface area contributed by atoms with Crippen molar-refractivity contribution < 1.29 is 9.59 Å². The second-order valence-corrected chi connectivity index (χ2v) is 9.63. The van der Waals surface area contributed by atoms with E-state index in [9.17, 15) is 9.59 Å². The quantitative estimate of drug-likeness (QED) is 0.737. The van der Waals surface area contributed by atoms with E-state index in [4.69, 9.17) is 4.99 Å². The Balaban J connectivity index is 1.26. The number of anilines is 2. The average Bonchev–Trinajstić information content (AvgIpc) is 2.84. The molecular formula is C27H33N5O2. The highest BCUT2D eigenvalue weighted by atomic mass is 16.2. The van der Waals surface area contributed by atoms with E-state index in [-0.39, 0.29) is 17.7 Å². The number of aryl methyl sites for hydroxylation is 2. The van der Waals surface area contributed by atoms with Crippen LogP contribution >= 0.6 is 0 Å². The minimum Gasteiger partial charge on any atom is -0.369 e. The van der Waals surface area contributed by atoms with Crippen molar-refractivity contribution in [3.63, 3.8) is 0 Å². The molecule has 7 heteroatoms. The minimum absolute atomic E-state index is 0.0536. The Bertz CT molecular complexity index is 1160. The van der Waals surface area contributed by atoms with Crippen LogP contribution in [0.5, 0.6) is 0 Å². The summed E-state index contributed by atoms with van der Waals surface area (Å²) in [5.74, 6) is -0.0521. The van der Waals surface area contributed by atoms with E-state index in [2.05, 4.69) is 52.5 Å². The summed E-state index contributed by atoms with van der Waals surface area (Å²) >= 11 is 0. The SMILES string of the molecule is CNC(=O)c1ccc(N2CCN(Cc3cc(C)c4c(c3)NC(=O)C3CCCN=C43)CC2)c(C)c1. The van der Waals surface area contributed by atoms with Crippen LogP contribution in [0.15, 0.2) is 35.3 Å². The Morgan fingerprint density at radius 2 is 1.91 bits per heavy atom. The summed E-state index contributed by atoms with van der Waals surface area (Å²) in [7, 11) is 1.66. The Labute approximate surface area is 201 Å². The van der Waals surface area contributed by atoms with E-state index in [1.54, 1.807) is 7.05 Å². The zero-order valence-corrected chi connectivity index (χ0v) is 20.3. The lowest BCUT2D eigenvalue weighted by atomic mass is 9.83. The number of carbonyl (C=O) groups is 2. The number of amides is 2. The molecule has 7 nitrogen and oxygen atoms in total. The standard InChI is InChI=1S/C27H33N5O2/c1-17-14-20(26(33)28-3)6-7-23(17)32-11-9-31(10-12-32)16-19-13-18(2)24-22(15-19)30-27(34)21-5-4-8-29-25(21)24/h6-7,13-15,21H,4-5,8-12,16H2,1-3H3,(H,28,33)(H,30,34). The minimum atomic E-state index is -0.0900. The zero-order chi connectivity index (χ0) is 23.8. The van der Waals surface area contributed by atoms with Gasteiger partial charge in [-0.2, -0.15) is 0 Å². The smallest absolute Gasteiger partial charge is 0.251 e. The number of piperazine rings is 1. The summed E-state index contributed by atoms with van der Waals surface area (Å²) in [6.45, 7) is 9.71. The van der Waals surface area contributed by atoms with Crippen LogP contribution in [-0.4, -0.2) is 62.2 Å². The van der Waals surface area contributed by atoms with Gasteiger partial charge in [-0.3, -0.25) is 19.5 Å². The number of nitrogens with zero attached hydrogens (tertiary/aromatic N) is 3. The van der Waals surface area contributed by atoms with Crippen molar-refractivity contribution in [2.75, 3.05) is 50.0 Å². The summed E-state index contributed by atoms with van der Waals surface area (Å²) in [5, 5.41) is 5.84. The number of hydrogen-bond donors (Lipinski definition) is 2. The van der Waals surface area contributed by atoms with Gasteiger partial charge in [0.05, 0.1) is 17.3 Å². The molecule has 0 saturated carbocycles. The van der Waals surface area contributed by atoms with Gasteiger partial charge in [-0.15, -0.1) is 0 Å². The number of nitrogens with one attached hydrogen (secondary N) is 2. The fourth-order valence-electron chi connectivity index (χ4n) is 5.56. The van der Waals surface area contributed by atoms with E-state index < -0.39 is 0 Å². The first-order chi connectivity index (χ1) is 16.4. The number of hydrogen-bond acceptors (Lipinski definition) is 5. The molecule has 0 aliphatic carbocycles. The summed E-state index contributed by atoms with van der Waals surface area (Å²) < 4.78 is 0. The Morgan fingerprint density at radius 1 is 1.12 bits per heavy atom. The summed E-state index contributed by atoms with van der Waals surface area (Å²) in [4.78, 5) is 34.2. The number of fused-ring (bicyclic) bond motifs is 3. The van der Waals surface area contributed by atoms with Gasteiger partial charge >= 0.3 is 0 Å². The van der Waals surface area contributed by atoms with Crippen molar-refractivity contribution in [3.05, 3.63) is 58.1 Å². The van der Waals surface area contributed by atoms with Crippen LogP contribution in [0, 0.1) is 19.8 Å². The van der Waals surface area contributed by atoms with Crippen LogP contribution in [0.1, 0.15) is 45.5 Å². The molecule has 2 aromatic carbocycles. The van der Waals surface area contributed by atoms with Crippen LogP contribution in [0.25, 0.3) is 0 Å². The van der Waals surface area contributed by atoms with Crippen molar-refractivity contribution in [3.8, 4) is 0 Å². The van der Waals surface area contributed by atoms with Crippen molar-refractivity contribution in [2.45, 2.75) is 33.2 Å². The molecule has 2 N–H and O–H groups in total. The van der Waals surface area contributed by atoms with Gasteiger partial charge in [0.1, 0.15) is 0 Å². The fraction of sp³-hybridized carbons (Fsp3) is 0.444. The molecule has 3 heterocycles. The second-order valence-electron chi connectivity index (χ2n) is 9.63. The third kappa shape index (κ3) is 4.20. The molecule has 3 aliphatic rings. The zero-order valence-electron chi connectivity index (χ0n) is 20.3. The Kier molecular flexibility index (Phi) is 6.13. The first kappa shape index (κ1) is 22.6. The van der Waals surface area contributed by atoms with Crippen LogP contribution in [0.4, 0.5) is 11.4 Å². The molecule has 0 bridgehead atoms. The number of carbonyl (C=O) groups excluding carboxylic acids is 2. The fourth-order valence-corrected chi connectivity index (χ4v) is 5.56. The molecule has 1 fully saturated rings. The van der Waals surface area contributed by atoms with Crippen molar-refractivity contribution >= 4 is 28.9 Å². The lowest BCUT2D eigenvalue weighted by Gasteiger charge is -2.37. The van der Waals surface area contributed by atoms with Gasteiger partial charge in [-0.25, -0.2) is 0 Å². The molecule has 0 radical (unpaired) electrons. The summed E-state index contributed by atoms with van der Waals surface area (Å²) in [6.07, 6.45) is 1.88. The Morgan fingerprint density at radius 3 is 2.65 bits per heavy atom. The highest BCUT2D eigenvalue weighted by Gasteiger charge is 2.35. The van der Waals surface area contributed by atoms with Gasteiger partial charge in [0, 0.05) is 63.1 Å². The van der Waals surface area contributed by atoms with Crippen molar-refractivity contribution in [2.24, 2.45) is 10.9 Å². The lowest BCUT2D eigenvalue weighted by Crippen LogP contribution is -2.46. The molecule has 0 aromatic heterocycles. The first-order valence-corrected chi connectivity index (χ1v) is 12.2. The molecular weight excluding hydrogens is 426 g/mol. The number of rotatable bonds is 4. The maximum atomic E-state index is 12.6. The topological polar surface area (TPSA) is 77.0 Å². The Hall–Kier alpha value is -3.19. The molecule has 2 aromatic rings. The van der Waals surface area contributed by atoms with Gasteiger partial charge in [0.25, 0.3) is 5.91 Å². The molecule has 178 valence electrons.